The van der Waals surface area contributed by atoms with Gasteiger partial charge in [0.2, 0.25) is 0 Å². The maximum atomic E-state index is 4.62. The van der Waals surface area contributed by atoms with Gasteiger partial charge in [0.15, 0.2) is 5.65 Å². The molecule has 5 aromatic rings. The number of H-pyrrole nitrogens is 2. The number of thiophene rings is 1. The molecule has 5 rings (SSSR count). The van der Waals surface area contributed by atoms with E-state index in [1.165, 1.54) is 0 Å². The van der Waals surface area contributed by atoms with Gasteiger partial charge in [0.1, 0.15) is 0 Å². The summed E-state index contributed by atoms with van der Waals surface area (Å²) in [4.78, 5) is 16.9. The van der Waals surface area contributed by atoms with Crippen LogP contribution in [0.1, 0.15) is 12.5 Å². The fraction of sp³-hybridized carbons (Fsp3) is 0.120. The van der Waals surface area contributed by atoms with Crippen LogP contribution in [0.5, 0.6) is 0 Å². The van der Waals surface area contributed by atoms with E-state index in [9.17, 15) is 0 Å². The van der Waals surface area contributed by atoms with E-state index in [1.807, 2.05) is 30.8 Å². The lowest BCUT2D eigenvalue weighted by molar-refractivity contribution is 0.947. The highest BCUT2D eigenvalue weighted by Gasteiger charge is 2.15. The third-order valence-corrected chi connectivity index (χ3v) is 6.12. The van der Waals surface area contributed by atoms with E-state index in [1.54, 1.807) is 18.4 Å². The van der Waals surface area contributed by atoms with E-state index in [0.29, 0.717) is 5.65 Å². The van der Waals surface area contributed by atoms with Crippen LogP contribution in [0, 0.1) is 5.92 Å². The average Bonchev–Trinajstić information content (AvgIpc) is 3.56. The van der Waals surface area contributed by atoms with Crippen molar-refractivity contribution >= 4 is 45.1 Å². The molecule has 0 spiro atoms. The molecule has 1 atom stereocenters. The maximum Gasteiger partial charge on any atom is 0.181 e. The molecule has 5 heterocycles. The lowest BCUT2D eigenvalue weighted by Gasteiger charge is -2.05. The molecule has 6 nitrogen and oxygen atoms in total. The van der Waals surface area contributed by atoms with Gasteiger partial charge in [-0.2, -0.15) is 16.4 Å². The lowest BCUT2D eigenvalue weighted by atomic mass is 10.0. The Bertz CT molecular complexity index is 1470. The van der Waals surface area contributed by atoms with Gasteiger partial charge in [0.05, 0.1) is 17.1 Å². The first-order chi connectivity index (χ1) is 15.7. The van der Waals surface area contributed by atoms with E-state index in [0.717, 1.165) is 50.1 Å². The summed E-state index contributed by atoms with van der Waals surface area (Å²) in [6.45, 7) is 5.97. The van der Waals surface area contributed by atoms with Crippen LogP contribution in [0.15, 0.2) is 71.1 Å². The fourth-order valence-electron chi connectivity index (χ4n) is 3.78. The fourth-order valence-corrected chi connectivity index (χ4v) is 4.43. The highest BCUT2D eigenvalue weighted by molar-refractivity contribution is 7.08. The van der Waals surface area contributed by atoms with Gasteiger partial charge in [-0.1, -0.05) is 19.1 Å². The zero-order chi connectivity index (χ0) is 22.1. The summed E-state index contributed by atoms with van der Waals surface area (Å²) < 4.78 is 0. The molecular weight excluding hydrogens is 416 g/mol. The third kappa shape index (κ3) is 3.56. The molecule has 0 fully saturated rings. The Morgan fingerprint density at radius 2 is 2.12 bits per heavy atom. The maximum absolute atomic E-state index is 4.62. The van der Waals surface area contributed by atoms with Gasteiger partial charge in [-0.05, 0) is 41.1 Å². The second kappa shape index (κ2) is 8.36. The molecule has 0 aliphatic carbocycles. The number of nitrogens with one attached hydrogen (secondary N) is 2. The predicted molar refractivity (Wildman–Crippen MR) is 134 cm³/mol. The first kappa shape index (κ1) is 20.1. The summed E-state index contributed by atoms with van der Waals surface area (Å²) in [5, 5.41) is 13.8. The molecule has 158 valence electrons. The number of fused-ring (bicyclic) bond motifs is 2. The third-order valence-electron chi connectivity index (χ3n) is 5.44. The van der Waals surface area contributed by atoms with Crippen LogP contribution >= 0.6 is 11.3 Å². The molecule has 0 radical (unpaired) electrons. The Hall–Kier alpha value is -3.84. The zero-order valence-corrected chi connectivity index (χ0v) is 18.6. The number of nitrogens with zero attached hydrogens (tertiary/aromatic N) is 4. The predicted octanol–water partition coefficient (Wildman–Crippen LogP) is 6.14. The number of aliphatic imine (C=N–C) groups is 1. The van der Waals surface area contributed by atoms with Crippen molar-refractivity contribution in [2.24, 2.45) is 10.9 Å². The van der Waals surface area contributed by atoms with Crippen molar-refractivity contribution in [2.75, 3.05) is 7.05 Å². The molecule has 0 aromatic carbocycles. The van der Waals surface area contributed by atoms with Crippen LogP contribution in [0.25, 0.3) is 50.2 Å². The number of aromatic nitrogens is 5. The summed E-state index contributed by atoms with van der Waals surface area (Å²) in [6, 6.07) is 8.31. The Balaban J connectivity index is 1.65. The zero-order valence-electron chi connectivity index (χ0n) is 17.8. The van der Waals surface area contributed by atoms with Gasteiger partial charge >= 0.3 is 0 Å². The first-order valence-electron chi connectivity index (χ1n) is 10.3. The molecule has 2 N–H and O–H groups in total. The Morgan fingerprint density at radius 3 is 2.91 bits per heavy atom. The minimum atomic E-state index is 0.222. The lowest BCUT2D eigenvalue weighted by Crippen LogP contribution is -1.92. The Labute approximate surface area is 189 Å². The molecule has 0 aliphatic heterocycles. The van der Waals surface area contributed by atoms with E-state index < -0.39 is 0 Å². The van der Waals surface area contributed by atoms with Crippen LogP contribution in [0.4, 0.5) is 0 Å². The number of hydrogen-bond donors (Lipinski definition) is 2. The van der Waals surface area contributed by atoms with Crippen LogP contribution < -0.4 is 0 Å². The monoisotopic (exact) mass is 438 g/mol. The number of allylic oxidation sites excluding steroid dienone is 3. The van der Waals surface area contributed by atoms with E-state index in [-0.39, 0.29) is 5.92 Å². The minimum Gasteiger partial charge on any atom is -0.353 e. The van der Waals surface area contributed by atoms with Crippen molar-refractivity contribution in [2.45, 2.75) is 6.92 Å². The minimum absolute atomic E-state index is 0.222. The molecule has 5 aromatic heterocycles. The van der Waals surface area contributed by atoms with Crippen LogP contribution in [0.2, 0.25) is 0 Å². The van der Waals surface area contributed by atoms with Gasteiger partial charge in [-0.25, -0.2) is 4.98 Å². The Kier molecular flexibility index (Phi) is 5.25. The van der Waals surface area contributed by atoms with Crippen molar-refractivity contribution in [3.05, 3.63) is 71.7 Å². The SMILES string of the molecule is C=C[C@H](C)/C=C(\C=NC)c1cnc2n[nH]c(-c3cc4c(-c5ccsc5)nccc4[nH]3)c2c1. The largest absolute Gasteiger partial charge is 0.353 e. The number of pyridine rings is 2. The smallest absolute Gasteiger partial charge is 0.181 e. The molecule has 0 saturated heterocycles. The summed E-state index contributed by atoms with van der Waals surface area (Å²) in [7, 11) is 1.77. The van der Waals surface area contributed by atoms with Gasteiger partial charge in [0.25, 0.3) is 0 Å². The second-order valence-corrected chi connectivity index (χ2v) is 8.39. The first-order valence-corrected chi connectivity index (χ1v) is 11.2. The van der Waals surface area contributed by atoms with Gasteiger partial charge in [-0.3, -0.25) is 15.1 Å². The highest BCUT2D eigenvalue weighted by Crippen LogP contribution is 2.33. The topological polar surface area (TPSA) is 82.6 Å². The number of rotatable bonds is 6. The summed E-state index contributed by atoms with van der Waals surface area (Å²) in [5.41, 5.74) is 7.61. The normalized spacial score (nSPS) is 13.4. The quantitative estimate of drug-likeness (QED) is 0.247. The molecule has 7 heteroatoms. The molecule has 32 heavy (non-hydrogen) atoms. The van der Waals surface area contributed by atoms with Crippen molar-refractivity contribution < 1.29 is 0 Å². The molecule has 0 aliphatic rings. The van der Waals surface area contributed by atoms with Crippen molar-refractivity contribution in [3.63, 3.8) is 0 Å². The molecule has 0 bridgehead atoms. The van der Waals surface area contributed by atoms with Crippen LogP contribution in [-0.2, 0) is 0 Å². The van der Waals surface area contributed by atoms with Crippen molar-refractivity contribution in [1.29, 1.82) is 0 Å². The van der Waals surface area contributed by atoms with Crippen LogP contribution in [-0.4, -0.2) is 38.4 Å². The van der Waals surface area contributed by atoms with Crippen molar-refractivity contribution in [3.8, 4) is 22.6 Å². The summed E-state index contributed by atoms with van der Waals surface area (Å²) >= 11 is 1.67. The Morgan fingerprint density at radius 1 is 1.22 bits per heavy atom. The van der Waals surface area contributed by atoms with E-state index in [2.05, 4.69) is 78.7 Å². The highest BCUT2D eigenvalue weighted by atomic mass is 32.1. The average molecular weight is 439 g/mol. The number of aromatic amines is 2. The van der Waals surface area contributed by atoms with Crippen molar-refractivity contribution in [1.82, 2.24) is 25.1 Å². The molecule has 0 saturated carbocycles. The summed E-state index contributed by atoms with van der Waals surface area (Å²) in [5.74, 6) is 0.222. The van der Waals surface area contributed by atoms with Crippen LogP contribution in [0.3, 0.4) is 0 Å². The van der Waals surface area contributed by atoms with Gasteiger partial charge in [-0.15, -0.1) is 6.58 Å². The standard InChI is InChI=1S/C25H22N6S/c1-4-15(2)9-17(12-26-3)18-10-20-24(30-31-25(20)28-13-18)22-11-19-21(29-22)5-7-27-23(19)16-6-8-32-14-16/h4-15,29H,1H2,2-3H3,(H,28,30,31)/b17-9+,26-12?/t15-/m0/s1. The molecule has 0 amide bonds. The van der Waals surface area contributed by atoms with E-state index >= 15 is 0 Å². The summed E-state index contributed by atoms with van der Waals surface area (Å²) in [6.07, 6.45) is 9.55. The van der Waals surface area contributed by atoms with Gasteiger partial charge < -0.3 is 4.98 Å². The van der Waals surface area contributed by atoms with Gasteiger partial charge in [0, 0.05) is 58.5 Å². The molecule has 0 unspecified atom stereocenters. The second-order valence-electron chi connectivity index (χ2n) is 7.61. The van der Waals surface area contributed by atoms with E-state index in [4.69, 9.17) is 0 Å². The molecular formula is C25H22N6S. The number of hydrogen-bond acceptors (Lipinski definition) is 5.